The van der Waals surface area contributed by atoms with Gasteiger partial charge in [-0.15, -0.1) is 0 Å². The van der Waals surface area contributed by atoms with Crippen molar-refractivity contribution in [2.45, 2.75) is 37.1 Å². The Balaban J connectivity index is 2.02. The molecule has 0 aromatic heterocycles. The van der Waals surface area contributed by atoms with Crippen LogP contribution in [0.3, 0.4) is 0 Å². The fraction of sp³-hybridized carbons (Fsp3) is 0.480. The molecule has 0 spiro atoms. The Morgan fingerprint density at radius 1 is 1.03 bits per heavy atom. The Morgan fingerprint density at radius 3 is 2.41 bits per heavy atom. The van der Waals surface area contributed by atoms with Gasteiger partial charge < -0.3 is 19.5 Å². The fourth-order valence-electron chi connectivity index (χ4n) is 4.68. The summed E-state index contributed by atoms with van der Waals surface area (Å²) in [6, 6.07) is 12.4. The van der Waals surface area contributed by atoms with Crippen LogP contribution >= 0.6 is 0 Å². The van der Waals surface area contributed by atoms with E-state index in [-0.39, 0.29) is 12.4 Å². The minimum Gasteiger partial charge on any atom is -0.496 e. The maximum absolute atomic E-state index is 13.6. The van der Waals surface area contributed by atoms with Crippen LogP contribution in [-0.2, 0) is 19.7 Å². The predicted octanol–water partition coefficient (Wildman–Crippen LogP) is 3.34. The first kappa shape index (κ1) is 26.0. The van der Waals surface area contributed by atoms with E-state index in [0.29, 0.717) is 42.2 Å². The summed E-state index contributed by atoms with van der Waals surface area (Å²) in [6.07, 6.45) is 3.49. The molecule has 2 unspecified atom stereocenters. The number of benzene rings is 2. The zero-order valence-electron chi connectivity index (χ0n) is 20.1. The van der Waals surface area contributed by atoms with Crippen molar-refractivity contribution >= 4 is 15.9 Å². The van der Waals surface area contributed by atoms with Crippen molar-refractivity contribution in [2.24, 2.45) is 0 Å². The van der Waals surface area contributed by atoms with Crippen molar-refractivity contribution in [1.82, 2.24) is 5.32 Å². The molecule has 2 atom stereocenters. The number of hydrogen-bond donors (Lipinski definition) is 1. The highest BCUT2D eigenvalue weighted by Gasteiger charge is 2.40. The molecule has 0 bridgehead atoms. The molecule has 1 aliphatic rings. The van der Waals surface area contributed by atoms with Crippen LogP contribution in [0.2, 0.25) is 0 Å². The summed E-state index contributed by atoms with van der Waals surface area (Å²) in [5.74, 6) is 1.64. The lowest BCUT2D eigenvalue weighted by molar-refractivity contribution is 0.0919. The van der Waals surface area contributed by atoms with Crippen LogP contribution in [0.15, 0.2) is 42.5 Å². The second-order valence-corrected chi connectivity index (χ2v) is 10.1. The molecular formula is C25H33NO7S. The molecule has 2 aromatic rings. The molecule has 2 aromatic carbocycles. The lowest BCUT2D eigenvalue weighted by Crippen LogP contribution is -2.41. The molecule has 0 aliphatic carbocycles. The monoisotopic (exact) mass is 491 g/mol. The molecule has 1 fully saturated rings. The van der Waals surface area contributed by atoms with E-state index in [4.69, 9.17) is 18.4 Å². The van der Waals surface area contributed by atoms with Gasteiger partial charge >= 0.3 is 0 Å². The number of rotatable bonds is 10. The highest BCUT2D eigenvalue weighted by molar-refractivity contribution is 7.85. The third-order valence-corrected chi connectivity index (χ3v) is 6.98. The van der Waals surface area contributed by atoms with Gasteiger partial charge in [0.25, 0.3) is 10.1 Å². The summed E-state index contributed by atoms with van der Waals surface area (Å²) in [5, 5.41) is 3.39. The van der Waals surface area contributed by atoms with Crippen LogP contribution in [0.25, 0.3) is 0 Å². The molecule has 1 N–H and O–H groups in total. The van der Waals surface area contributed by atoms with Gasteiger partial charge in [0.2, 0.25) is 0 Å². The van der Waals surface area contributed by atoms with Crippen molar-refractivity contribution < 1.29 is 31.6 Å². The molecule has 1 heterocycles. The third-order valence-electron chi connectivity index (χ3n) is 6.38. The zero-order chi connectivity index (χ0) is 24.8. The van der Waals surface area contributed by atoms with Crippen molar-refractivity contribution in [3.05, 3.63) is 53.6 Å². The van der Waals surface area contributed by atoms with Gasteiger partial charge in [-0.05, 0) is 67.5 Å². The Hall–Kier alpha value is -2.62. The average molecular weight is 492 g/mol. The van der Waals surface area contributed by atoms with Crippen molar-refractivity contribution in [3.63, 3.8) is 0 Å². The summed E-state index contributed by atoms with van der Waals surface area (Å²) in [4.78, 5) is 13.6. The summed E-state index contributed by atoms with van der Waals surface area (Å²) >= 11 is 0. The quantitative estimate of drug-likeness (QED) is 0.399. The number of nitrogens with one attached hydrogen (secondary N) is 1. The summed E-state index contributed by atoms with van der Waals surface area (Å²) in [7, 11) is 1.10. The molecule has 0 amide bonds. The van der Waals surface area contributed by atoms with Gasteiger partial charge in [-0.25, -0.2) is 0 Å². The number of methoxy groups -OCH3 is 3. The first-order chi connectivity index (χ1) is 16.2. The maximum atomic E-state index is 13.6. The average Bonchev–Trinajstić information content (AvgIpc) is 3.06. The summed E-state index contributed by atoms with van der Waals surface area (Å²) in [5.41, 5.74) is 0.942. The van der Waals surface area contributed by atoms with E-state index >= 15 is 0 Å². The van der Waals surface area contributed by atoms with E-state index in [1.54, 1.807) is 33.5 Å². The second-order valence-electron chi connectivity index (χ2n) is 8.51. The third kappa shape index (κ3) is 6.08. The van der Waals surface area contributed by atoms with Crippen LogP contribution in [0.4, 0.5) is 0 Å². The molecule has 0 saturated carbocycles. The second kappa shape index (κ2) is 11.2. The van der Waals surface area contributed by atoms with E-state index in [1.807, 2.05) is 30.3 Å². The van der Waals surface area contributed by atoms with Crippen LogP contribution in [0.1, 0.15) is 41.6 Å². The molecule has 8 nitrogen and oxygen atoms in total. The standard InChI is InChI=1S/C25H33NO7S/c1-30-21-9-6-5-8-19(21)24(27)20-17-25(12-7-14-26-20,13-15-33-34(4,28)29)18-10-11-22(31-2)23(16-18)32-3/h5-6,8-11,16,20,26H,7,12-15,17H2,1-4H3. The van der Waals surface area contributed by atoms with Gasteiger partial charge in [0, 0.05) is 0 Å². The molecule has 3 rings (SSSR count). The normalized spacial score (nSPS) is 20.9. The number of ether oxygens (including phenoxy) is 3. The van der Waals surface area contributed by atoms with E-state index in [1.165, 1.54) is 0 Å². The van der Waals surface area contributed by atoms with Gasteiger partial charge in [0.15, 0.2) is 17.3 Å². The number of carbonyl (C=O) groups is 1. The number of ketones is 1. The molecule has 34 heavy (non-hydrogen) atoms. The largest absolute Gasteiger partial charge is 0.496 e. The van der Waals surface area contributed by atoms with Crippen molar-refractivity contribution in [3.8, 4) is 17.2 Å². The molecule has 0 radical (unpaired) electrons. The fourth-order valence-corrected chi connectivity index (χ4v) is 5.06. The van der Waals surface area contributed by atoms with Gasteiger partial charge in [0.05, 0.1) is 45.8 Å². The lowest BCUT2D eigenvalue weighted by atomic mass is 9.70. The van der Waals surface area contributed by atoms with E-state index < -0.39 is 21.6 Å². The SMILES string of the molecule is COc1ccc(C2(CCOS(C)(=O)=O)CCCNC(C(=O)c3ccccc3OC)C2)cc1OC. The number of carbonyl (C=O) groups excluding carboxylic acids is 1. The van der Waals surface area contributed by atoms with Crippen LogP contribution in [0.5, 0.6) is 17.2 Å². The maximum Gasteiger partial charge on any atom is 0.264 e. The Bertz CT molecular complexity index is 1100. The molecular weight excluding hydrogens is 458 g/mol. The smallest absolute Gasteiger partial charge is 0.264 e. The topological polar surface area (TPSA) is 100 Å². The van der Waals surface area contributed by atoms with Crippen LogP contribution in [-0.4, -0.2) is 61.0 Å². The van der Waals surface area contributed by atoms with Gasteiger partial charge in [0.1, 0.15) is 5.75 Å². The lowest BCUT2D eigenvalue weighted by Gasteiger charge is -2.35. The molecule has 186 valence electrons. The Labute approximate surface area is 201 Å². The minimum atomic E-state index is -3.59. The first-order valence-electron chi connectivity index (χ1n) is 11.2. The van der Waals surface area contributed by atoms with Crippen LogP contribution < -0.4 is 19.5 Å². The molecule has 9 heteroatoms. The zero-order valence-corrected chi connectivity index (χ0v) is 20.9. The summed E-state index contributed by atoms with van der Waals surface area (Å²) < 4.78 is 44.8. The predicted molar refractivity (Wildman–Crippen MR) is 130 cm³/mol. The molecule has 1 saturated heterocycles. The van der Waals surface area contributed by atoms with Gasteiger partial charge in [-0.3, -0.25) is 8.98 Å². The highest BCUT2D eigenvalue weighted by Crippen LogP contribution is 2.43. The number of para-hydroxylation sites is 1. The summed E-state index contributed by atoms with van der Waals surface area (Å²) in [6.45, 7) is 0.677. The van der Waals surface area contributed by atoms with Gasteiger partial charge in [-0.1, -0.05) is 18.2 Å². The number of hydrogen-bond acceptors (Lipinski definition) is 8. The first-order valence-corrected chi connectivity index (χ1v) is 13.0. The van der Waals surface area contributed by atoms with E-state index in [9.17, 15) is 13.2 Å². The van der Waals surface area contributed by atoms with Gasteiger partial charge in [-0.2, -0.15) is 8.42 Å². The van der Waals surface area contributed by atoms with Crippen molar-refractivity contribution in [1.29, 1.82) is 0 Å². The Kier molecular flexibility index (Phi) is 8.57. The Morgan fingerprint density at radius 2 is 1.74 bits per heavy atom. The number of Topliss-reactive ketones (excluding diaryl/α,β-unsaturated/α-hetero) is 1. The van der Waals surface area contributed by atoms with Crippen LogP contribution in [0, 0.1) is 0 Å². The molecule has 1 aliphatic heterocycles. The van der Waals surface area contributed by atoms with Crippen molar-refractivity contribution in [2.75, 3.05) is 40.7 Å². The van der Waals surface area contributed by atoms with E-state index in [0.717, 1.165) is 24.7 Å². The minimum absolute atomic E-state index is 0.0166. The van der Waals surface area contributed by atoms with E-state index in [2.05, 4.69) is 5.32 Å². The highest BCUT2D eigenvalue weighted by atomic mass is 32.2.